The van der Waals surface area contributed by atoms with Crippen molar-refractivity contribution in [1.29, 1.82) is 0 Å². The number of ether oxygens (including phenoxy) is 2. The van der Waals surface area contributed by atoms with E-state index in [2.05, 4.69) is 14.6 Å². The monoisotopic (exact) mass is 268 g/mol. The average molecular weight is 268 g/mol. The van der Waals surface area contributed by atoms with Crippen LogP contribution in [0.2, 0.25) is 0 Å². The molecular weight excluding hydrogens is 248 g/mol. The van der Waals surface area contributed by atoms with Crippen LogP contribution in [0.15, 0.2) is 6.07 Å². The van der Waals surface area contributed by atoms with Gasteiger partial charge in [-0.2, -0.15) is 5.10 Å². The molecule has 1 rings (SSSR count). The third-order valence-corrected chi connectivity index (χ3v) is 2.96. The fraction of sp³-hybridized carbons (Fsp3) is 0.615. The van der Waals surface area contributed by atoms with E-state index in [1.54, 1.807) is 4.68 Å². The van der Waals surface area contributed by atoms with Crippen LogP contribution >= 0.6 is 0 Å². The zero-order valence-corrected chi connectivity index (χ0v) is 11.8. The summed E-state index contributed by atoms with van der Waals surface area (Å²) < 4.78 is 11.1. The van der Waals surface area contributed by atoms with Crippen molar-refractivity contribution in [2.24, 2.45) is 5.92 Å². The van der Waals surface area contributed by atoms with Crippen LogP contribution in [0.1, 0.15) is 25.2 Å². The molecule has 6 heteroatoms. The number of hydrogen-bond donors (Lipinski definition) is 0. The number of aryl methyl sites for hydroxylation is 2. The first kappa shape index (κ1) is 15.2. The largest absolute Gasteiger partial charge is 0.468 e. The summed E-state index contributed by atoms with van der Waals surface area (Å²) in [6.45, 7) is 4.65. The quantitative estimate of drug-likeness (QED) is 0.568. The van der Waals surface area contributed by atoms with Gasteiger partial charge in [0.2, 0.25) is 0 Å². The van der Waals surface area contributed by atoms with E-state index >= 15 is 0 Å². The van der Waals surface area contributed by atoms with Crippen LogP contribution in [0.3, 0.4) is 0 Å². The second kappa shape index (κ2) is 6.92. The van der Waals surface area contributed by atoms with Crippen LogP contribution in [-0.2, 0) is 38.4 Å². The molecule has 1 aromatic heterocycles. The van der Waals surface area contributed by atoms with E-state index in [0.29, 0.717) is 6.54 Å². The Morgan fingerprint density at radius 1 is 1.26 bits per heavy atom. The third-order valence-electron chi connectivity index (χ3n) is 2.96. The first-order chi connectivity index (χ1) is 9.07. The minimum atomic E-state index is -0.943. The van der Waals surface area contributed by atoms with Crippen molar-refractivity contribution < 1.29 is 19.1 Å². The zero-order valence-electron chi connectivity index (χ0n) is 11.8. The Labute approximate surface area is 112 Å². The van der Waals surface area contributed by atoms with Gasteiger partial charge in [-0.1, -0.05) is 6.92 Å². The highest BCUT2D eigenvalue weighted by atomic mass is 16.5. The minimum Gasteiger partial charge on any atom is -0.468 e. The molecule has 0 aliphatic heterocycles. The maximum absolute atomic E-state index is 11.6. The van der Waals surface area contributed by atoms with E-state index in [1.807, 2.05) is 19.9 Å². The van der Waals surface area contributed by atoms with Crippen LogP contribution in [0.25, 0.3) is 0 Å². The van der Waals surface area contributed by atoms with Crippen molar-refractivity contribution >= 4 is 11.9 Å². The molecule has 0 aliphatic rings. The van der Waals surface area contributed by atoms with Gasteiger partial charge in [-0.15, -0.1) is 0 Å². The van der Waals surface area contributed by atoms with E-state index in [-0.39, 0.29) is 6.42 Å². The number of rotatable bonds is 6. The first-order valence-corrected chi connectivity index (χ1v) is 6.28. The first-order valence-electron chi connectivity index (χ1n) is 6.28. The van der Waals surface area contributed by atoms with Gasteiger partial charge in [0.15, 0.2) is 5.92 Å². The van der Waals surface area contributed by atoms with Gasteiger partial charge < -0.3 is 9.47 Å². The summed E-state index contributed by atoms with van der Waals surface area (Å²) in [5.74, 6) is -2.12. The van der Waals surface area contributed by atoms with E-state index in [9.17, 15) is 9.59 Å². The number of hydrogen-bond acceptors (Lipinski definition) is 5. The zero-order chi connectivity index (χ0) is 14.4. The van der Waals surface area contributed by atoms with Crippen LogP contribution in [0, 0.1) is 5.92 Å². The summed E-state index contributed by atoms with van der Waals surface area (Å²) in [4.78, 5) is 23.3. The molecule has 0 N–H and O–H groups in total. The summed E-state index contributed by atoms with van der Waals surface area (Å²) in [6, 6.07) is 1.91. The molecule has 0 aliphatic carbocycles. The molecule has 0 radical (unpaired) electrons. The third kappa shape index (κ3) is 3.56. The molecule has 0 unspecified atom stereocenters. The van der Waals surface area contributed by atoms with E-state index < -0.39 is 17.9 Å². The Hall–Kier alpha value is -1.85. The predicted octanol–water partition coefficient (Wildman–Crippen LogP) is 0.970. The molecule has 0 atom stereocenters. The lowest BCUT2D eigenvalue weighted by Crippen LogP contribution is -2.29. The molecule has 19 heavy (non-hydrogen) atoms. The number of methoxy groups -OCH3 is 2. The number of nitrogens with zero attached hydrogens (tertiary/aromatic N) is 2. The molecule has 106 valence electrons. The van der Waals surface area contributed by atoms with Gasteiger partial charge in [-0.25, -0.2) is 0 Å². The second-order valence-corrected chi connectivity index (χ2v) is 4.10. The molecular formula is C13H20N2O4. The highest BCUT2D eigenvalue weighted by molar-refractivity contribution is 5.95. The Balaban J connectivity index is 2.98. The van der Waals surface area contributed by atoms with Crippen molar-refractivity contribution in [1.82, 2.24) is 9.78 Å². The Bertz CT molecular complexity index is 437. The van der Waals surface area contributed by atoms with Crippen molar-refractivity contribution in [3.63, 3.8) is 0 Å². The number of carbonyl (C=O) groups is 2. The maximum atomic E-state index is 11.6. The SMILES string of the molecule is CCc1cc(CC(C(=O)OC)C(=O)OC)n(CC)n1. The molecule has 0 saturated carbocycles. The lowest BCUT2D eigenvalue weighted by molar-refractivity contribution is -0.158. The molecule has 0 bridgehead atoms. The molecule has 0 aromatic carbocycles. The predicted molar refractivity (Wildman–Crippen MR) is 68.5 cm³/mol. The second-order valence-electron chi connectivity index (χ2n) is 4.10. The van der Waals surface area contributed by atoms with E-state index in [0.717, 1.165) is 17.8 Å². The van der Waals surface area contributed by atoms with Gasteiger partial charge in [0.1, 0.15) is 0 Å². The van der Waals surface area contributed by atoms with E-state index in [1.165, 1.54) is 14.2 Å². The summed E-state index contributed by atoms with van der Waals surface area (Å²) in [7, 11) is 2.51. The van der Waals surface area contributed by atoms with Crippen molar-refractivity contribution in [3.8, 4) is 0 Å². The Morgan fingerprint density at radius 2 is 1.84 bits per heavy atom. The number of aromatic nitrogens is 2. The summed E-state index contributed by atoms with van der Waals surface area (Å²) in [5, 5.41) is 4.38. The Kier molecular flexibility index (Phi) is 5.54. The smallest absolute Gasteiger partial charge is 0.320 e. The maximum Gasteiger partial charge on any atom is 0.320 e. The molecule has 1 heterocycles. The number of esters is 2. The van der Waals surface area contributed by atoms with Crippen LogP contribution in [-0.4, -0.2) is 35.9 Å². The van der Waals surface area contributed by atoms with Gasteiger partial charge in [-0.3, -0.25) is 14.3 Å². The summed E-state index contributed by atoms with van der Waals surface area (Å²) in [6.07, 6.45) is 1.04. The molecule has 0 amide bonds. The van der Waals surface area contributed by atoms with Crippen molar-refractivity contribution in [2.75, 3.05) is 14.2 Å². The average Bonchev–Trinajstić information content (AvgIpc) is 2.85. The van der Waals surface area contributed by atoms with Crippen LogP contribution in [0.5, 0.6) is 0 Å². The normalized spacial score (nSPS) is 10.6. The van der Waals surface area contributed by atoms with Gasteiger partial charge in [-0.05, 0) is 19.4 Å². The minimum absolute atomic E-state index is 0.236. The fourth-order valence-corrected chi connectivity index (χ4v) is 1.88. The number of carbonyl (C=O) groups excluding carboxylic acids is 2. The van der Waals surface area contributed by atoms with Gasteiger partial charge in [0.25, 0.3) is 0 Å². The fourth-order valence-electron chi connectivity index (χ4n) is 1.88. The van der Waals surface area contributed by atoms with Crippen LogP contribution in [0.4, 0.5) is 0 Å². The van der Waals surface area contributed by atoms with Gasteiger partial charge >= 0.3 is 11.9 Å². The molecule has 0 fully saturated rings. The highest BCUT2D eigenvalue weighted by Gasteiger charge is 2.30. The molecule has 1 aromatic rings. The molecule has 0 spiro atoms. The Morgan fingerprint density at radius 3 is 2.26 bits per heavy atom. The summed E-state index contributed by atoms with van der Waals surface area (Å²) in [5.41, 5.74) is 1.77. The highest BCUT2D eigenvalue weighted by Crippen LogP contribution is 2.14. The van der Waals surface area contributed by atoms with Crippen molar-refractivity contribution in [2.45, 2.75) is 33.2 Å². The summed E-state index contributed by atoms with van der Waals surface area (Å²) >= 11 is 0. The van der Waals surface area contributed by atoms with E-state index in [4.69, 9.17) is 0 Å². The topological polar surface area (TPSA) is 70.4 Å². The lowest BCUT2D eigenvalue weighted by atomic mass is 10.0. The standard InChI is InChI=1S/C13H20N2O4/c1-5-9-7-10(15(6-2)14-9)8-11(12(16)18-3)13(17)19-4/h7,11H,5-6,8H2,1-4H3. The molecule has 0 saturated heterocycles. The molecule has 6 nitrogen and oxygen atoms in total. The van der Waals surface area contributed by atoms with Gasteiger partial charge in [0, 0.05) is 18.7 Å². The van der Waals surface area contributed by atoms with Gasteiger partial charge in [0.05, 0.1) is 19.9 Å². The van der Waals surface area contributed by atoms with Crippen molar-refractivity contribution in [3.05, 3.63) is 17.5 Å². The van der Waals surface area contributed by atoms with Crippen LogP contribution < -0.4 is 0 Å². The lowest BCUT2D eigenvalue weighted by Gasteiger charge is -2.12.